The van der Waals surface area contributed by atoms with Crippen molar-refractivity contribution in [2.75, 3.05) is 26.3 Å². The molecule has 1 N–H and O–H groups in total. The third-order valence-corrected chi connectivity index (χ3v) is 5.02. The van der Waals surface area contributed by atoms with Crippen LogP contribution in [0.3, 0.4) is 0 Å². The summed E-state index contributed by atoms with van der Waals surface area (Å²) in [5, 5.41) is 3.79. The Morgan fingerprint density at radius 2 is 2.18 bits per heavy atom. The average molecular weight is 238 g/mol. The van der Waals surface area contributed by atoms with Crippen molar-refractivity contribution < 1.29 is 4.74 Å². The first-order chi connectivity index (χ1) is 8.22. The average Bonchev–Trinajstić information content (AvgIpc) is 3.04. The first-order valence-corrected chi connectivity index (χ1v) is 7.30. The fourth-order valence-corrected chi connectivity index (χ4v) is 3.38. The highest BCUT2D eigenvalue weighted by atomic mass is 16.5. The van der Waals surface area contributed by atoms with Crippen LogP contribution in [0.2, 0.25) is 0 Å². The van der Waals surface area contributed by atoms with Gasteiger partial charge in [-0.3, -0.25) is 4.90 Å². The van der Waals surface area contributed by atoms with Crippen LogP contribution in [0.25, 0.3) is 0 Å². The molecule has 3 nitrogen and oxygen atoms in total. The topological polar surface area (TPSA) is 24.5 Å². The normalized spacial score (nSPS) is 44.1. The molecule has 0 aromatic heterocycles. The van der Waals surface area contributed by atoms with Gasteiger partial charge in [-0.2, -0.15) is 0 Å². The van der Waals surface area contributed by atoms with E-state index in [0.29, 0.717) is 11.6 Å². The van der Waals surface area contributed by atoms with Crippen LogP contribution in [-0.2, 0) is 4.74 Å². The van der Waals surface area contributed by atoms with Crippen LogP contribution >= 0.6 is 0 Å². The van der Waals surface area contributed by atoms with E-state index in [1.807, 2.05) is 0 Å². The summed E-state index contributed by atoms with van der Waals surface area (Å²) >= 11 is 0. The summed E-state index contributed by atoms with van der Waals surface area (Å²) in [7, 11) is 0. The molecule has 3 unspecified atom stereocenters. The van der Waals surface area contributed by atoms with Crippen LogP contribution < -0.4 is 5.32 Å². The second-order valence-corrected chi connectivity index (χ2v) is 6.39. The number of rotatable bonds is 3. The summed E-state index contributed by atoms with van der Waals surface area (Å²) in [4.78, 5) is 2.78. The highest BCUT2D eigenvalue weighted by molar-refractivity contribution is 5.02. The molecule has 1 aliphatic carbocycles. The fraction of sp³-hybridized carbons (Fsp3) is 1.00. The van der Waals surface area contributed by atoms with Crippen molar-refractivity contribution in [1.29, 1.82) is 0 Å². The first kappa shape index (κ1) is 11.9. The minimum atomic E-state index is 0.313. The molecule has 98 valence electrons. The summed E-state index contributed by atoms with van der Waals surface area (Å²) in [6.45, 7) is 8.99. The quantitative estimate of drug-likeness (QED) is 0.809. The molecule has 3 heteroatoms. The van der Waals surface area contributed by atoms with Crippen molar-refractivity contribution >= 4 is 0 Å². The van der Waals surface area contributed by atoms with Crippen LogP contribution in [0.1, 0.15) is 39.5 Å². The van der Waals surface area contributed by atoms with Crippen molar-refractivity contribution in [2.45, 2.75) is 57.2 Å². The minimum Gasteiger partial charge on any atom is -0.380 e. The highest BCUT2D eigenvalue weighted by Crippen LogP contribution is 2.39. The van der Waals surface area contributed by atoms with E-state index in [1.165, 1.54) is 38.8 Å². The molecule has 3 rings (SSSR count). The third-order valence-electron chi connectivity index (χ3n) is 5.02. The first-order valence-electron chi connectivity index (χ1n) is 7.30. The van der Waals surface area contributed by atoms with Gasteiger partial charge < -0.3 is 10.1 Å². The number of nitrogens with zero attached hydrogens (tertiary/aromatic N) is 1. The zero-order valence-corrected chi connectivity index (χ0v) is 11.2. The van der Waals surface area contributed by atoms with Gasteiger partial charge in [0.2, 0.25) is 0 Å². The van der Waals surface area contributed by atoms with E-state index in [4.69, 9.17) is 4.74 Å². The maximum atomic E-state index is 5.60. The lowest BCUT2D eigenvalue weighted by Gasteiger charge is -2.48. The molecule has 3 fully saturated rings. The Balaban J connectivity index is 1.72. The number of nitrogens with one attached hydrogen (secondary N) is 1. The van der Waals surface area contributed by atoms with Gasteiger partial charge in [0.05, 0.1) is 6.61 Å². The predicted octanol–water partition coefficient (Wildman–Crippen LogP) is 1.63. The van der Waals surface area contributed by atoms with E-state index in [-0.39, 0.29) is 0 Å². The van der Waals surface area contributed by atoms with Crippen molar-refractivity contribution in [3.05, 3.63) is 0 Å². The van der Waals surface area contributed by atoms with Gasteiger partial charge in [-0.1, -0.05) is 6.92 Å². The standard InChI is InChI=1S/C14H26N2O/c1-3-14(2)10-16(12-6-7-17-9-12)13(8-15-14)11-4-5-11/h11-13,15H,3-10H2,1-2H3. The lowest BCUT2D eigenvalue weighted by molar-refractivity contribution is 0.0301. The second-order valence-electron chi connectivity index (χ2n) is 6.39. The molecule has 2 heterocycles. The van der Waals surface area contributed by atoms with E-state index in [0.717, 1.165) is 25.2 Å². The molecule has 0 bridgehead atoms. The molecule has 0 aromatic carbocycles. The molecular formula is C14H26N2O. The summed E-state index contributed by atoms with van der Waals surface area (Å²) in [6.07, 6.45) is 5.34. The van der Waals surface area contributed by atoms with Gasteiger partial charge in [0.1, 0.15) is 0 Å². The van der Waals surface area contributed by atoms with Crippen molar-refractivity contribution in [3.63, 3.8) is 0 Å². The van der Waals surface area contributed by atoms with Crippen LogP contribution in [0, 0.1) is 5.92 Å². The Labute approximate surface area is 105 Å². The van der Waals surface area contributed by atoms with Gasteiger partial charge in [0.25, 0.3) is 0 Å². The molecule has 1 saturated carbocycles. The van der Waals surface area contributed by atoms with Crippen LogP contribution in [-0.4, -0.2) is 48.8 Å². The highest BCUT2D eigenvalue weighted by Gasteiger charge is 2.44. The summed E-state index contributed by atoms with van der Waals surface area (Å²) < 4.78 is 5.60. The number of hydrogen-bond donors (Lipinski definition) is 1. The summed E-state index contributed by atoms with van der Waals surface area (Å²) in [5.41, 5.74) is 0.313. The van der Waals surface area contributed by atoms with E-state index in [9.17, 15) is 0 Å². The molecule has 3 aliphatic rings. The van der Waals surface area contributed by atoms with Crippen LogP contribution in [0.5, 0.6) is 0 Å². The zero-order valence-electron chi connectivity index (χ0n) is 11.2. The van der Waals surface area contributed by atoms with Gasteiger partial charge in [-0.15, -0.1) is 0 Å². The van der Waals surface area contributed by atoms with Crippen LogP contribution in [0.4, 0.5) is 0 Å². The van der Waals surface area contributed by atoms with Gasteiger partial charge in [-0.25, -0.2) is 0 Å². The lowest BCUT2D eigenvalue weighted by Crippen LogP contribution is -2.65. The Morgan fingerprint density at radius 3 is 2.76 bits per heavy atom. The maximum absolute atomic E-state index is 5.60. The van der Waals surface area contributed by atoms with Crippen molar-refractivity contribution in [1.82, 2.24) is 10.2 Å². The zero-order chi connectivity index (χ0) is 11.9. The molecule has 0 aromatic rings. The van der Waals surface area contributed by atoms with E-state index < -0.39 is 0 Å². The Bertz CT molecular complexity index is 273. The van der Waals surface area contributed by atoms with Gasteiger partial charge in [0.15, 0.2) is 0 Å². The lowest BCUT2D eigenvalue weighted by atomic mass is 9.90. The summed E-state index contributed by atoms with van der Waals surface area (Å²) in [5.74, 6) is 0.963. The molecular weight excluding hydrogens is 212 g/mol. The van der Waals surface area contributed by atoms with Gasteiger partial charge >= 0.3 is 0 Å². The third kappa shape index (κ3) is 2.38. The molecule has 0 radical (unpaired) electrons. The molecule has 2 saturated heterocycles. The largest absolute Gasteiger partial charge is 0.380 e. The van der Waals surface area contributed by atoms with Crippen molar-refractivity contribution in [3.8, 4) is 0 Å². The molecule has 2 aliphatic heterocycles. The Morgan fingerprint density at radius 1 is 1.35 bits per heavy atom. The van der Waals surface area contributed by atoms with E-state index >= 15 is 0 Å². The molecule has 3 atom stereocenters. The van der Waals surface area contributed by atoms with E-state index in [1.54, 1.807) is 0 Å². The number of ether oxygens (including phenoxy) is 1. The number of hydrogen-bond acceptors (Lipinski definition) is 3. The van der Waals surface area contributed by atoms with Gasteiger partial charge in [0, 0.05) is 37.3 Å². The summed E-state index contributed by atoms with van der Waals surface area (Å²) in [6, 6.07) is 1.47. The Kier molecular flexibility index (Phi) is 3.18. The Hall–Kier alpha value is -0.120. The molecule has 0 amide bonds. The molecule has 17 heavy (non-hydrogen) atoms. The van der Waals surface area contributed by atoms with Crippen LogP contribution in [0.15, 0.2) is 0 Å². The SMILES string of the molecule is CCC1(C)CN(C2CCOC2)C(C2CC2)CN1. The molecule has 0 spiro atoms. The predicted molar refractivity (Wildman–Crippen MR) is 69.1 cm³/mol. The van der Waals surface area contributed by atoms with Crippen molar-refractivity contribution in [2.24, 2.45) is 5.92 Å². The monoisotopic (exact) mass is 238 g/mol. The maximum Gasteiger partial charge on any atom is 0.0622 e. The fourth-order valence-electron chi connectivity index (χ4n) is 3.38. The smallest absolute Gasteiger partial charge is 0.0622 e. The second kappa shape index (κ2) is 4.52. The van der Waals surface area contributed by atoms with E-state index in [2.05, 4.69) is 24.1 Å². The van der Waals surface area contributed by atoms with Gasteiger partial charge in [-0.05, 0) is 38.5 Å². The minimum absolute atomic E-state index is 0.313. The number of piperazine rings is 1.